The van der Waals surface area contributed by atoms with E-state index in [1.54, 1.807) is 0 Å². The molecule has 0 amide bonds. The van der Waals surface area contributed by atoms with Gasteiger partial charge < -0.3 is 5.11 Å². The first-order chi connectivity index (χ1) is 8.02. The van der Waals surface area contributed by atoms with Crippen molar-refractivity contribution in [3.8, 4) is 0 Å². The van der Waals surface area contributed by atoms with Crippen LogP contribution in [-0.2, 0) is 4.79 Å². The number of rotatable bonds is 5. The molecule has 1 rings (SSSR count). The fourth-order valence-corrected chi connectivity index (χ4v) is 2.77. The first-order valence-electron chi connectivity index (χ1n) is 7.01. The molecule has 17 heavy (non-hydrogen) atoms. The highest BCUT2D eigenvalue weighted by Crippen LogP contribution is 2.24. The lowest BCUT2D eigenvalue weighted by Gasteiger charge is -2.35. The van der Waals surface area contributed by atoms with Crippen molar-refractivity contribution >= 4 is 5.97 Å². The zero-order valence-corrected chi connectivity index (χ0v) is 11.5. The maximum atomic E-state index is 11.0. The standard InChI is InChI=1S/C14H27NO2/c1-11(2)15(10-12(3)14(16)17)13-8-6-4-5-7-9-13/h11-13H,4-10H2,1-3H3,(H,16,17). The van der Waals surface area contributed by atoms with Crippen LogP contribution in [0.4, 0.5) is 0 Å². The first kappa shape index (κ1) is 14.5. The van der Waals surface area contributed by atoms with Crippen LogP contribution in [0.2, 0.25) is 0 Å². The first-order valence-corrected chi connectivity index (χ1v) is 7.01. The molecule has 0 aromatic rings. The molecule has 3 heteroatoms. The Kier molecular flexibility index (Phi) is 5.96. The number of carbonyl (C=O) groups is 1. The molecular weight excluding hydrogens is 214 g/mol. The van der Waals surface area contributed by atoms with Gasteiger partial charge in [0.25, 0.3) is 0 Å². The van der Waals surface area contributed by atoms with Gasteiger partial charge in [0.15, 0.2) is 0 Å². The fourth-order valence-electron chi connectivity index (χ4n) is 2.77. The molecule has 3 nitrogen and oxygen atoms in total. The molecule has 0 spiro atoms. The van der Waals surface area contributed by atoms with Crippen LogP contribution in [0.15, 0.2) is 0 Å². The van der Waals surface area contributed by atoms with E-state index in [9.17, 15) is 4.79 Å². The molecule has 1 unspecified atom stereocenters. The van der Waals surface area contributed by atoms with Gasteiger partial charge in [0.05, 0.1) is 5.92 Å². The number of carboxylic acids is 1. The molecule has 1 atom stereocenters. The van der Waals surface area contributed by atoms with E-state index in [1.807, 2.05) is 6.92 Å². The fraction of sp³-hybridized carbons (Fsp3) is 0.929. The second kappa shape index (κ2) is 7.00. The van der Waals surface area contributed by atoms with Gasteiger partial charge in [-0.3, -0.25) is 9.69 Å². The highest BCUT2D eigenvalue weighted by molar-refractivity contribution is 5.69. The molecule has 1 fully saturated rings. The zero-order chi connectivity index (χ0) is 12.8. The van der Waals surface area contributed by atoms with Crippen LogP contribution in [0.1, 0.15) is 59.3 Å². The largest absolute Gasteiger partial charge is 0.481 e. The van der Waals surface area contributed by atoms with Crippen LogP contribution in [0.3, 0.4) is 0 Å². The lowest BCUT2D eigenvalue weighted by atomic mass is 10.0. The van der Waals surface area contributed by atoms with E-state index in [1.165, 1.54) is 38.5 Å². The molecular formula is C14H27NO2. The molecule has 1 aliphatic rings. The van der Waals surface area contributed by atoms with Gasteiger partial charge in [-0.2, -0.15) is 0 Å². The highest BCUT2D eigenvalue weighted by Gasteiger charge is 2.25. The van der Waals surface area contributed by atoms with E-state index in [-0.39, 0.29) is 5.92 Å². The van der Waals surface area contributed by atoms with E-state index in [2.05, 4.69) is 18.7 Å². The zero-order valence-electron chi connectivity index (χ0n) is 11.5. The van der Waals surface area contributed by atoms with Crippen LogP contribution >= 0.6 is 0 Å². The normalized spacial score (nSPS) is 20.5. The summed E-state index contributed by atoms with van der Waals surface area (Å²) in [5, 5.41) is 9.04. The molecule has 0 heterocycles. The molecule has 1 aliphatic carbocycles. The third kappa shape index (κ3) is 4.66. The number of hydrogen-bond acceptors (Lipinski definition) is 2. The maximum absolute atomic E-state index is 11.0. The Hall–Kier alpha value is -0.570. The van der Waals surface area contributed by atoms with E-state index in [0.29, 0.717) is 18.6 Å². The number of aliphatic carboxylic acids is 1. The molecule has 0 saturated heterocycles. The molecule has 0 aromatic heterocycles. The molecule has 0 radical (unpaired) electrons. The van der Waals surface area contributed by atoms with E-state index < -0.39 is 5.97 Å². The maximum Gasteiger partial charge on any atom is 0.307 e. The van der Waals surface area contributed by atoms with Crippen LogP contribution in [0.5, 0.6) is 0 Å². The predicted octanol–water partition coefficient (Wildman–Crippen LogP) is 3.14. The van der Waals surface area contributed by atoms with Crippen molar-refractivity contribution in [2.45, 2.75) is 71.4 Å². The van der Waals surface area contributed by atoms with E-state index in [4.69, 9.17) is 5.11 Å². The smallest absolute Gasteiger partial charge is 0.307 e. The Morgan fingerprint density at radius 3 is 2.12 bits per heavy atom. The van der Waals surface area contributed by atoms with E-state index in [0.717, 1.165) is 0 Å². The van der Waals surface area contributed by atoms with Crippen molar-refractivity contribution < 1.29 is 9.90 Å². The Balaban J connectivity index is 2.60. The summed E-state index contributed by atoms with van der Waals surface area (Å²) in [5.41, 5.74) is 0. The molecule has 0 aromatic carbocycles. The molecule has 1 saturated carbocycles. The van der Waals surface area contributed by atoms with Crippen molar-refractivity contribution in [1.29, 1.82) is 0 Å². The minimum absolute atomic E-state index is 0.263. The van der Waals surface area contributed by atoms with Crippen LogP contribution in [-0.4, -0.2) is 34.6 Å². The second-order valence-corrected chi connectivity index (χ2v) is 5.68. The average Bonchev–Trinajstić information content (AvgIpc) is 2.53. The summed E-state index contributed by atoms with van der Waals surface area (Å²) in [6, 6.07) is 1.04. The third-order valence-electron chi connectivity index (χ3n) is 3.86. The Morgan fingerprint density at radius 1 is 1.18 bits per heavy atom. The van der Waals surface area contributed by atoms with Crippen molar-refractivity contribution in [3.05, 3.63) is 0 Å². The van der Waals surface area contributed by atoms with Crippen LogP contribution < -0.4 is 0 Å². The summed E-state index contributed by atoms with van der Waals surface area (Å²) in [6.45, 7) is 6.87. The minimum Gasteiger partial charge on any atom is -0.481 e. The van der Waals surface area contributed by atoms with Crippen LogP contribution in [0.25, 0.3) is 0 Å². The van der Waals surface area contributed by atoms with Crippen molar-refractivity contribution in [2.24, 2.45) is 5.92 Å². The highest BCUT2D eigenvalue weighted by atomic mass is 16.4. The van der Waals surface area contributed by atoms with Gasteiger partial charge in [0, 0.05) is 18.6 Å². The van der Waals surface area contributed by atoms with Gasteiger partial charge >= 0.3 is 5.97 Å². The van der Waals surface area contributed by atoms with Gasteiger partial charge in [-0.1, -0.05) is 32.6 Å². The van der Waals surface area contributed by atoms with Gasteiger partial charge in [-0.15, -0.1) is 0 Å². The van der Waals surface area contributed by atoms with Crippen molar-refractivity contribution in [3.63, 3.8) is 0 Å². The van der Waals surface area contributed by atoms with Gasteiger partial charge in [-0.05, 0) is 26.7 Å². The predicted molar refractivity (Wildman–Crippen MR) is 70.1 cm³/mol. The number of carboxylic acid groups (broad SMARTS) is 1. The van der Waals surface area contributed by atoms with Crippen molar-refractivity contribution in [2.75, 3.05) is 6.54 Å². The number of hydrogen-bond donors (Lipinski definition) is 1. The molecule has 0 bridgehead atoms. The van der Waals surface area contributed by atoms with Gasteiger partial charge in [0.1, 0.15) is 0 Å². The summed E-state index contributed by atoms with van der Waals surface area (Å²) >= 11 is 0. The summed E-state index contributed by atoms with van der Waals surface area (Å²) in [4.78, 5) is 13.4. The topological polar surface area (TPSA) is 40.5 Å². The third-order valence-corrected chi connectivity index (χ3v) is 3.86. The lowest BCUT2D eigenvalue weighted by Crippen LogP contribution is -2.44. The summed E-state index contributed by atoms with van der Waals surface area (Å²) in [6.07, 6.45) is 7.77. The monoisotopic (exact) mass is 241 g/mol. The lowest BCUT2D eigenvalue weighted by molar-refractivity contribution is -0.142. The van der Waals surface area contributed by atoms with Gasteiger partial charge in [0.2, 0.25) is 0 Å². The second-order valence-electron chi connectivity index (χ2n) is 5.68. The SMILES string of the molecule is CC(CN(C(C)C)C1CCCCCC1)C(=O)O. The molecule has 100 valence electrons. The van der Waals surface area contributed by atoms with Crippen molar-refractivity contribution in [1.82, 2.24) is 4.90 Å². The van der Waals surface area contributed by atoms with Crippen LogP contribution in [0, 0.1) is 5.92 Å². The van der Waals surface area contributed by atoms with Gasteiger partial charge in [-0.25, -0.2) is 0 Å². The quantitative estimate of drug-likeness (QED) is 0.752. The molecule has 0 aliphatic heterocycles. The number of nitrogens with zero attached hydrogens (tertiary/aromatic N) is 1. The minimum atomic E-state index is -0.677. The average molecular weight is 241 g/mol. The summed E-state index contributed by atoms with van der Waals surface area (Å²) in [7, 11) is 0. The Morgan fingerprint density at radius 2 is 1.71 bits per heavy atom. The Labute approximate surface area is 105 Å². The summed E-state index contributed by atoms with van der Waals surface area (Å²) < 4.78 is 0. The summed E-state index contributed by atoms with van der Waals surface area (Å²) in [5.74, 6) is -0.940. The molecule has 1 N–H and O–H groups in total. The van der Waals surface area contributed by atoms with E-state index >= 15 is 0 Å². The Bertz CT molecular complexity index is 232.